The number of ether oxygens (including phenoxy) is 1. The minimum absolute atomic E-state index is 0.0459. The van der Waals surface area contributed by atoms with Gasteiger partial charge in [0.25, 0.3) is 5.91 Å². The number of benzene rings is 2. The highest BCUT2D eigenvalue weighted by molar-refractivity contribution is 7.89. The number of hydrogen-bond acceptors (Lipinski definition) is 5. The van der Waals surface area contributed by atoms with Crippen molar-refractivity contribution in [2.24, 2.45) is 0 Å². The Bertz CT molecular complexity index is 958. The molecule has 0 saturated carbocycles. The smallest absolute Gasteiger partial charge is 0.338 e. The molecule has 0 saturated heterocycles. The fraction of sp³-hybridized carbons (Fsp3) is 0.333. The van der Waals surface area contributed by atoms with Gasteiger partial charge >= 0.3 is 5.97 Å². The summed E-state index contributed by atoms with van der Waals surface area (Å²) in [4.78, 5) is 24.7. The average molecular weight is 419 g/mol. The SMILES string of the molecule is CC(C)NS(=O)(=O)c1cccc(C(=O)OC(C)C(=O)NC(C)c2ccccc2)c1. The Labute approximate surface area is 171 Å². The van der Waals surface area contributed by atoms with Crippen molar-refractivity contribution in [1.82, 2.24) is 10.0 Å². The Morgan fingerprint density at radius 3 is 2.21 bits per heavy atom. The first kappa shape index (κ1) is 22.6. The molecule has 0 spiro atoms. The van der Waals surface area contributed by atoms with Gasteiger partial charge in [-0.25, -0.2) is 17.9 Å². The Hall–Kier alpha value is -2.71. The van der Waals surface area contributed by atoms with Crippen LogP contribution in [-0.4, -0.2) is 32.4 Å². The van der Waals surface area contributed by atoms with Crippen molar-refractivity contribution in [2.45, 2.75) is 50.8 Å². The molecule has 0 radical (unpaired) electrons. The minimum Gasteiger partial charge on any atom is -0.449 e. The maximum Gasteiger partial charge on any atom is 0.338 e. The van der Waals surface area contributed by atoms with Gasteiger partial charge < -0.3 is 10.1 Å². The van der Waals surface area contributed by atoms with Crippen LogP contribution in [0.3, 0.4) is 0 Å². The molecule has 0 bridgehead atoms. The van der Waals surface area contributed by atoms with E-state index in [1.54, 1.807) is 13.8 Å². The number of hydrogen-bond donors (Lipinski definition) is 2. The van der Waals surface area contributed by atoms with Crippen LogP contribution in [0, 0.1) is 0 Å². The molecule has 2 N–H and O–H groups in total. The number of rotatable bonds is 8. The summed E-state index contributed by atoms with van der Waals surface area (Å²) in [6, 6.07) is 14.4. The summed E-state index contributed by atoms with van der Waals surface area (Å²) in [7, 11) is -3.74. The number of amides is 1. The summed E-state index contributed by atoms with van der Waals surface area (Å²) in [6.45, 7) is 6.70. The summed E-state index contributed by atoms with van der Waals surface area (Å²) >= 11 is 0. The first-order valence-corrected chi connectivity index (χ1v) is 10.8. The van der Waals surface area contributed by atoms with Gasteiger partial charge in [0.1, 0.15) is 0 Å². The van der Waals surface area contributed by atoms with Gasteiger partial charge in [-0.2, -0.15) is 0 Å². The van der Waals surface area contributed by atoms with Gasteiger partial charge in [0.05, 0.1) is 16.5 Å². The molecule has 0 heterocycles. The van der Waals surface area contributed by atoms with Gasteiger partial charge in [-0.3, -0.25) is 4.79 Å². The van der Waals surface area contributed by atoms with Crippen molar-refractivity contribution in [1.29, 1.82) is 0 Å². The normalized spacial score (nSPS) is 13.6. The molecular weight excluding hydrogens is 392 g/mol. The lowest BCUT2D eigenvalue weighted by atomic mass is 10.1. The molecule has 156 valence electrons. The van der Waals surface area contributed by atoms with E-state index < -0.39 is 28.0 Å². The predicted octanol–water partition coefficient (Wildman–Crippen LogP) is 2.80. The van der Waals surface area contributed by atoms with Gasteiger partial charge in [-0.15, -0.1) is 0 Å². The first-order chi connectivity index (χ1) is 13.6. The van der Waals surface area contributed by atoms with E-state index >= 15 is 0 Å². The number of carbonyl (C=O) groups excluding carboxylic acids is 2. The van der Waals surface area contributed by atoms with Crippen LogP contribution in [0.1, 0.15) is 49.7 Å². The molecular formula is C21H26N2O5S. The van der Waals surface area contributed by atoms with Gasteiger partial charge in [0, 0.05) is 6.04 Å². The highest BCUT2D eigenvalue weighted by Gasteiger charge is 2.22. The fourth-order valence-electron chi connectivity index (χ4n) is 2.61. The topological polar surface area (TPSA) is 102 Å². The summed E-state index contributed by atoms with van der Waals surface area (Å²) in [5.41, 5.74) is 0.974. The van der Waals surface area contributed by atoms with Crippen molar-refractivity contribution in [3.05, 3.63) is 65.7 Å². The Morgan fingerprint density at radius 2 is 1.59 bits per heavy atom. The van der Waals surface area contributed by atoms with Crippen LogP contribution >= 0.6 is 0 Å². The standard InChI is InChI=1S/C21H26N2O5S/c1-14(2)23-29(26,27)19-12-8-11-18(13-19)21(25)28-16(4)20(24)22-15(3)17-9-6-5-7-10-17/h5-16,23H,1-4H3,(H,22,24). The van der Waals surface area contributed by atoms with Gasteiger partial charge in [-0.05, 0) is 51.5 Å². The van der Waals surface area contributed by atoms with Crippen LogP contribution in [0.4, 0.5) is 0 Å². The second-order valence-electron chi connectivity index (χ2n) is 6.99. The number of nitrogens with one attached hydrogen (secondary N) is 2. The average Bonchev–Trinajstić information content (AvgIpc) is 2.67. The third kappa shape index (κ3) is 6.40. The Morgan fingerprint density at radius 1 is 0.931 bits per heavy atom. The quantitative estimate of drug-likeness (QED) is 0.642. The van der Waals surface area contributed by atoms with Gasteiger partial charge in [0.15, 0.2) is 6.10 Å². The molecule has 0 fully saturated rings. The third-order valence-corrected chi connectivity index (χ3v) is 5.74. The monoisotopic (exact) mass is 418 g/mol. The molecule has 1 amide bonds. The van der Waals surface area contributed by atoms with E-state index in [1.165, 1.54) is 31.2 Å². The summed E-state index contributed by atoms with van der Waals surface area (Å²) in [5.74, 6) is -1.22. The second-order valence-corrected chi connectivity index (χ2v) is 8.71. The van der Waals surface area contributed by atoms with Gasteiger partial charge in [0.2, 0.25) is 10.0 Å². The van der Waals surface area contributed by atoms with E-state index in [0.29, 0.717) is 0 Å². The lowest BCUT2D eigenvalue weighted by molar-refractivity contribution is -0.129. The van der Waals surface area contributed by atoms with E-state index in [9.17, 15) is 18.0 Å². The van der Waals surface area contributed by atoms with E-state index in [-0.39, 0.29) is 22.5 Å². The van der Waals surface area contributed by atoms with E-state index in [0.717, 1.165) is 5.56 Å². The predicted molar refractivity (Wildman–Crippen MR) is 110 cm³/mol. The summed E-state index contributed by atoms with van der Waals surface area (Å²) in [5, 5.41) is 2.79. The highest BCUT2D eigenvalue weighted by atomic mass is 32.2. The maximum atomic E-state index is 12.4. The first-order valence-electron chi connectivity index (χ1n) is 9.29. The molecule has 7 nitrogen and oxygen atoms in total. The molecule has 0 aliphatic heterocycles. The highest BCUT2D eigenvalue weighted by Crippen LogP contribution is 2.15. The van der Waals surface area contributed by atoms with Gasteiger partial charge in [-0.1, -0.05) is 36.4 Å². The van der Waals surface area contributed by atoms with Crippen molar-refractivity contribution >= 4 is 21.9 Å². The molecule has 0 aliphatic rings. The molecule has 8 heteroatoms. The van der Waals surface area contributed by atoms with E-state index in [4.69, 9.17) is 4.74 Å². The number of carbonyl (C=O) groups is 2. The zero-order chi connectivity index (χ0) is 21.6. The zero-order valence-electron chi connectivity index (χ0n) is 16.9. The molecule has 29 heavy (non-hydrogen) atoms. The third-order valence-electron chi connectivity index (χ3n) is 4.08. The Balaban J connectivity index is 2.04. The van der Waals surface area contributed by atoms with Crippen LogP contribution in [0.5, 0.6) is 0 Å². The molecule has 2 rings (SSSR count). The zero-order valence-corrected chi connectivity index (χ0v) is 17.7. The van der Waals surface area contributed by atoms with Crippen LogP contribution in [0.25, 0.3) is 0 Å². The molecule has 2 atom stereocenters. The van der Waals surface area contributed by atoms with Crippen LogP contribution in [0.15, 0.2) is 59.5 Å². The molecule has 2 aromatic carbocycles. The van der Waals surface area contributed by atoms with E-state index in [2.05, 4.69) is 10.0 Å². The van der Waals surface area contributed by atoms with Crippen LogP contribution in [-0.2, 0) is 19.6 Å². The van der Waals surface area contributed by atoms with Crippen molar-refractivity contribution in [2.75, 3.05) is 0 Å². The second kappa shape index (κ2) is 9.67. The van der Waals surface area contributed by atoms with Crippen LogP contribution in [0.2, 0.25) is 0 Å². The van der Waals surface area contributed by atoms with Crippen molar-refractivity contribution in [3.8, 4) is 0 Å². The fourth-order valence-corrected chi connectivity index (χ4v) is 3.90. The summed E-state index contributed by atoms with van der Waals surface area (Å²) in [6.07, 6.45) is -1.04. The lowest BCUT2D eigenvalue weighted by Crippen LogP contribution is -2.37. The molecule has 0 aromatic heterocycles. The lowest BCUT2D eigenvalue weighted by Gasteiger charge is -2.18. The van der Waals surface area contributed by atoms with Crippen molar-refractivity contribution in [3.63, 3.8) is 0 Å². The summed E-state index contributed by atoms with van der Waals surface area (Å²) < 4.78 is 32.2. The van der Waals surface area contributed by atoms with Crippen LogP contribution < -0.4 is 10.0 Å². The molecule has 2 unspecified atom stereocenters. The molecule has 2 aromatic rings. The van der Waals surface area contributed by atoms with Crippen molar-refractivity contribution < 1.29 is 22.7 Å². The largest absolute Gasteiger partial charge is 0.449 e. The molecule has 0 aliphatic carbocycles. The minimum atomic E-state index is -3.74. The Kier molecular flexibility index (Phi) is 7.53. The maximum absolute atomic E-state index is 12.4. The number of sulfonamides is 1. The number of esters is 1. The van der Waals surface area contributed by atoms with E-state index in [1.807, 2.05) is 37.3 Å².